The molecule has 2 aliphatic rings. The monoisotopic (exact) mass is 321 g/mol. The van der Waals surface area contributed by atoms with Crippen LogP contribution >= 0.6 is 0 Å². The Morgan fingerprint density at radius 1 is 1.08 bits per heavy atom. The Morgan fingerprint density at radius 2 is 1.88 bits per heavy atom. The van der Waals surface area contributed by atoms with Crippen LogP contribution in [0.1, 0.15) is 46.5 Å². The van der Waals surface area contributed by atoms with Crippen molar-refractivity contribution in [3.8, 4) is 0 Å². The molecule has 3 rings (SSSR count). The highest BCUT2D eigenvalue weighted by Crippen LogP contribution is 2.27. The number of rotatable bonds is 3. The van der Waals surface area contributed by atoms with Crippen LogP contribution in [0.3, 0.4) is 0 Å². The molecule has 0 amide bonds. The quantitative estimate of drug-likeness (QED) is 0.614. The van der Waals surface area contributed by atoms with Crippen LogP contribution in [0, 0.1) is 5.92 Å². The molecular formula is C23H31N. The number of para-hydroxylation sites is 1. The summed E-state index contributed by atoms with van der Waals surface area (Å²) in [7, 11) is 0. The molecule has 1 heteroatoms. The fourth-order valence-electron chi connectivity index (χ4n) is 2.77. The van der Waals surface area contributed by atoms with Crippen LogP contribution in [0.5, 0.6) is 0 Å². The minimum Gasteiger partial charge on any atom is -0.398 e. The van der Waals surface area contributed by atoms with Gasteiger partial charge in [0.25, 0.3) is 0 Å². The van der Waals surface area contributed by atoms with Crippen molar-refractivity contribution < 1.29 is 1.43 Å². The number of nitrogen functional groups attached to an aromatic ring is 1. The molecule has 0 saturated heterocycles. The maximum absolute atomic E-state index is 5.95. The van der Waals surface area contributed by atoms with Crippen molar-refractivity contribution in [2.45, 2.75) is 39.5 Å². The second kappa shape index (κ2) is 9.77. The normalized spacial score (nSPS) is 19.5. The van der Waals surface area contributed by atoms with Gasteiger partial charge in [0.05, 0.1) is 0 Å². The van der Waals surface area contributed by atoms with Gasteiger partial charge in [-0.25, -0.2) is 0 Å². The lowest BCUT2D eigenvalue weighted by atomic mass is 9.87. The number of anilines is 1. The lowest BCUT2D eigenvalue weighted by Crippen LogP contribution is -2.03. The van der Waals surface area contributed by atoms with Crippen molar-refractivity contribution in [3.63, 3.8) is 0 Å². The highest BCUT2D eigenvalue weighted by atomic mass is 14.5. The molecule has 0 aliphatic heterocycles. The molecule has 2 aliphatic carbocycles. The highest BCUT2D eigenvalue weighted by molar-refractivity contribution is 5.66. The van der Waals surface area contributed by atoms with E-state index in [-0.39, 0.29) is 1.43 Å². The van der Waals surface area contributed by atoms with Crippen molar-refractivity contribution >= 4 is 11.8 Å². The molecule has 1 unspecified atom stereocenters. The van der Waals surface area contributed by atoms with Crippen LogP contribution in [0.15, 0.2) is 77.9 Å². The highest BCUT2D eigenvalue weighted by Gasteiger charge is 2.12. The van der Waals surface area contributed by atoms with Crippen LogP contribution in [-0.2, 0) is 0 Å². The number of benzene rings is 1. The van der Waals surface area contributed by atoms with Crippen molar-refractivity contribution in [1.29, 1.82) is 0 Å². The molecule has 24 heavy (non-hydrogen) atoms. The first-order valence-corrected chi connectivity index (χ1v) is 9.02. The van der Waals surface area contributed by atoms with Crippen LogP contribution < -0.4 is 5.73 Å². The van der Waals surface area contributed by atoms with E-state index in [9.17, 15) is 0 Å². The fourth-order valence-corrected chi connectivity index (χ4v) is 2.77. The van der Waals surface area contributed by atoms with Gasteiger partial charge < -0.3 is 5.73 Å². The zero-order chi connectivity index (χ0) is 17.2. The largest absolute Gasteiger partial charge is 0.398 e. The van der Waals surface area contributed by atoms with Crippen LogP contribution in [-0.4, -0.2) is 0 Å². The lowest BCUT2D eigenvalue weighted by Gasteiger charge is -2.18. The standard InChI is InChI=1S/C20H21N.C3H8.H2/c21-20-9-5-4-8-19(20)15-12-16-10-13-18(14-11-16)17-6-2-1-3-7-17;1-3-2;/h2,4-13,15,18H,1,3,14,21H2;3H2,1-2H3;1H/b15-12+;;. The SMILES string of the molecule is CCC.Nc1ccccc1/C=C/C1=CCC(C2=CCCC=C2)C=C1.[HH]. The van der Waals surface area contributed by atoms with Gasteiger partial charge in [0.2, 0.25) is 0 Å². The zero-order valence-corrected chi connectivity index (χ0v) is 14.9. The summed E-state index contributed by atoms with van der Waals surface area (Å²) in [5, 5.41) is 0. The summed E-state index contributed by atoms with van der Waals surface area (Å²) >= 11 is 0. The van der Waals surface area contributed by atoms with Crippen molar-refractivity contribution in [2.24, 2.45) is 5.92 Å². The molecular weight excluding hydrogens is 290 g/mol. The van der Waals surface area contributed by atoms with Crippen LogP contribution in [0.25, 0.3) is 6.08 Å². The minimum atomic E-state index is 0. The fraction of sp³-hybridized carbons (Fsp3) is 0.304. The molecule has 0 saturated carbocycles. The number of allylic oxidation sites excluding steroid dienone is 9. The Balaban J connectivity index is 0.000000730. The topological polar surface area (TPSA) is 26.0 Å². The maximum Gasteiger partial charge on any atom is 0.0387 e. The second-order valence-electron chi connectivity index (χ2n) is 6.26. The predicted octanol–water partition coefficient (Wildman–Crippen LogP) is 6.72. The molecule has 0 bridgehead atoms. The van der Waals surface area contributed by atoms with E-state index >= 15 is 0 Å². The average Bonchev–Trinajstić information content (AvgIpc) is 2.63. The number of nitrogens with two attached hydrogens (primary N) is 1. The molecule has 0 spiro atoms. The maximum atomic E-state index is 5.95. The average molecular weight is 322 g/mol. The first-order chi connectivity index (χ1) is 11.7. The summed E-state index contributed by atoms with van der Waals surface area (Å²) < 4.78 is 0. The van der Waals surface area contributed by atoms with Gasteiger partial charge in [-0.1, -0.05) is 87.1 Å². The molecule has 0 heterocycles. The smallest absolute Gasteiger partial charge is 0.0387 e. The van der Waals surface area contributed by atoms with Gasteiger partial charge in [0.15, 0.2) is 0 Å². The third kappa shape index (κ3) is 5.42. The predicted molar refractivity (Wildman–Crippen MR) is 110 cm³/mol. The van der Waals surface area contributed by atoms with E-state index in [0.717, 1.165) is 17.7 Å². The van der Waals surface area contributed by atoms with Crippen LogP contribution in [0.2, 0.25) is 0 Å². The number of hydrogen-bond acceptors (Lipinski definition) is 1. The summed E-state index contributed by atoms with van der Waals surface area (Å²) in [4.78, 5) is 0. The van der Waals surface area contributed by atoms with Gasteiger partial charge in [-0.3, -0.25) is 0 Å². The molecule has 1 atom stereocenters. The van der Waals surface area contributed by atoms with E-state index in [1.807, 2.05) is 24.3 Å². The summed E-state index contributed by atoms with van der Waals surface area (Å²) in [6, 6.07) is 7.95. The number of hydrogen-bond donors (Lipinski definition) is 1. The first-order valence-electron chi connectivity index (χ1n) is 9.02. The Bertz CT molecular complexity index is 677. The second-order valence-corrected chi connectivity index (χ2v) is 6.26. The first kappa shape index (κ1) is 18.1. The molecule has 1 nitrogen and oxygen atoms in total. The van der Waals surface area contributed by atoms with Gasteiger partial charge >= 0.3 is 0 Å². The van der Waals surface area contributed by atoms with Gasteiger partial charge in [-0.05, 0) is 42.0 Å². The molecule has 1 aromatic carbocycles. The minimum absolute atomic E-state index is 0. The van der Waals surface area contributed by atoms with E-state index in [4.69, 9.17) is 5.73 Å². The Labute approximate surface area is 148 Å². The summed E-state index contributed by atoms with van der Waals surface area (Å²) in [6.45, 7) is 4.25. The summed E-state index contributed by atoms with van der Waals surface area (Å²) in [5.74, 6) is 0.542. The Hall–Kier alpha value is -2.28. The Kier molecular flexibility index (Phi) is 7.35. The molecule has 1 aromatic rings. The molecule has 2 N–H and O–H groups in total. The van der Waals surface area contributed by atoms with Gasteiger partial charge in [0.1, 0.15) is 0 Å². The molecule has 128 valence electrons. The van der Waals surface area contributed by atoms with E-state index in [1.54, 1.807) is 0 Å². The zero-order valence-electron chi connectivity index (χ0n) is 14.9. The van der Waals surface area contributed by atoms with Gasteiger partial charge in [-0.15, -0.1) is 0 Å². The van der Waals surface area contributed by atoms with E-state index in [2.05, 4.69) is 62.5 Å². The van der Waals surface area contributed by atoms with Gasteiger partial charge in [-0.2, -0.15) is 0 Å². The third-order valence-electron chi connectivity index (χ3n) is 4.03. The van der Waals surface area contributed by atoms with E-state index in [1.165, 1.54) is 30.4 Å². The molecule has 0 aromatic heterocycles. The van der Waals surface area contributed by atoms with Gasteiger partial charge in [0, 0.05) is 13.0 Å². The molecule has 0 radical (unpaired) electrons. The lowest BCUT2D eigenvalue weighted by molar-refractivity contribution is 0.767. The summed E-state index contributed by atoms with van der Waals surface area (Å²) in [5.41, 5.74) is 10.6. The molecule has 0 fully saturated rings. The van der Waals surface area contributed by atoms with Crippen molar-refractivity contribution in [1.82, 2.24) is 0 Å². The van der Waals surface area contributed by atoms with Crippen LogP contribution in [0.4, 0.5) is 5.69 Å². The Morgan fingerprint density at radius 3 is 2.50 bits per heavy atom. The third-order valence-corrected chi connectivity index (χ3v) is 4.03. The van der Waals surface area contributed by atoms with E-state index < -0.39 is 0 Å². The van der Waals surface area contributed by atoms with Crippen molar-refractivity contribution in [2.75, 3.05) is 5.73 Å². The van der Waals surface area contributed by atoms with E-state index in [0.29, 0.717) is 5.92 Å². The van der Waals surface area contributed by atoms with Crippen molar-refractivity contribution in [3.05, 3.63) is 83.5 Å². The summed E-state index contributed by atoms with van der Waals surface area (Å²) in [6.07, 6.45) is 22.7.